The summed E-state index contributed by atoms with van der Waals surface area (Å²) < 4.78 is 33.8. The lowest BCUT2D eigenvalue weighted by atomic mass is 9.94. The van der Waals surface area contributed by atoms with Crippen LogP contribution in [0.4, 0.5) is 4.39 Å². The molecule has 3 atom stereocenters. The van der Waals surface area contributed by atoms with E-state index in [0.29, 0.717) is 43.9 Å². The number of benzene rings is 1. The van der Waals surface area contributed by atoms with E-state index in [4.69, 9.17) is 10.5 Å². The highest BCUT2D eigenvalue weighted by molar-refractivity contribution is 7.85. The Balaban J connectivity index is 1.72. The second kappa shape index (κ2) is 6.06. The number of halogens is 1. The van der Waals surface area contributed by atoms with Crippen molar-refractivity contribution in [2.45, 2.75) is 37.1 Å². The number of fused-ring (bicyclic) bond motifs is 5. The first-order chi connectivity index (χ1) is 14.8. The summed E-state index contributed by atoms with van der Waals surface area (Å²) in [5.41, 5.74) is 9.33. The predicted molar refractivity (Wildman–Crippen MR) is 108 cm³/mol. The summed E-state index contributed by atoms with van der Waals surface area (Å²) in [4.78, 5) is 29.9. The molecule has 8 nitrogen and oxygen atoms in total. The van der Waals surface area contributed by atoms with E-state index in [1.54, 1.807) is 13.0 Å². The molecule has 158 valence electrons. The summed E-state index contributed by atoms with van der Waals surface area (Å²) in [7, 11) is -1.46. The van der Waals surface area contributed by atoms with Crippen molar-refractivity contribution in [2.24, 2.45) is 5.73 Å². The van der Waals surface area contributed by atoms with Crippen molar-refractivity contribution in [3.05, 3.63) is 56.1 Å². The fourth-order valence-corrected chi connectivity index (χ4v) is 6.42. The molecule has 0 saturated carbocycles. The third kappa shape index (κ3) is 2.29. The first-order valence-corrected chi connectivity index (χ1v) is 11.0. The highest BCUT2D eigenvalue weighted by Crippen LogP contribution is 2.44. The molecule has 6 rings (SSSR count). The van der Waals surface area contributed by atoms with Crippen LogP contribution in [-0.2, 0) is 33.5 Å². The smallest absolute Gasteiger partial charge is 0.340 e. The monoisotopic (exact) mass is 441 g/mol. The zero-order chi connectivity index (χ0) is 21.8. The molecule has 3 N–H and O–H groups in total. The summed E-state index contributed by atoms with van der Waals surface area (Å²) in [6, 6.07) is 2.29. The molecule has 3 unspecified atom stereocenters. The van der Waals surface area contributed by atoms with E-state index < -0.39 is 34.7 Å². The van der Waals surface area contributed by atoms with Gasteiger partial charge in [-0.25, -0.2) is 14.2 Å². The molecule has 0 aliphatic carbocycles. The van der Waals surface area contributed by atoms with Gasteiger partial charge in [-0.05, 0) is 18.6 Å². The van der Waals surface area contributed by atoms with Crippen molar-refractivity contribution in [1.29, 1.82) is 0 Å². The molecule has 0 bridgehead atoms. The maximum atomic E-state index is 14.6. The van der Waals surface area contributed by atoms with Crippen LogP contribution in [0.5, 0.6) is 0 Å². The van der Waals surface area contributed by atoms with Crippen molar-refractivity contribution in [2.75, 3.05) is 5.75 Å². The summed E-state index contributed by atoms with van der Waals surface area (Å²) in [5, 5.41) is 10.8. The average molecular weight is 441 g/mol. The topological polar surface area (TPSA) is 125 Å². The zero-order valence-electron chi connectivity index (χ0n) is 16.3. The highest BCUT2D eigenvalue weighted by Gasteiger charge is 2.37. The largest absolute Gasteiger partial charge is 0.458 e. The van der Waals surface area contributed by atoms with Crippen molar-refractivity contribution < 1.29 is 23.2 Å². The van der Waals surface area contributed by atoms with Gasteiger partial charge in [-0.15, -0.1) is 0 Å². The van der Waals surface area contributed by atoms with Gasteiger partial charge in [-0.1, -0.05) is 0 Å². The fourth-order valence-electron chi connectivity index (χ4n) is 4.88. The number of aliphatic hydroxyl groups is 1. The maximum absolute atomic E-state index is 14.6. The van der Waals surface area contributed by atoms with Crippen LogP contribution in [0.25, 0.3) is 22.3 Å². The summed E-state index contributed by atoms with van der Waals surface area (Å²) >= 11 is 0. The van der Waals surface area contributed by atoms with E-state index in [2.05, 4.69) is 4.98 Å². The summed E-state index contributed by atoms with van der Waals surface area (Å²) in [6.45, 7) is 1.56. The standard InChI is InChI=1S/C21H16FN3O5S/c1-7-11(22)3-13-16-15(12(23)6-31(29)19(7)16)9-4-25-14(17(9)24-13)2-8-10(20(25)27)5-30-21(28)18(8)26/h2-3,12,18,26H,4-6,23H2,1H3. The molecule has 31 heavy (non-hydrogen) atoms. The Labute approximate surface area is 176 Å². The third-order valence-corrected chi connectivity index (χ3v) is 7.99. The Morgan fingerprint density at radius 3 is 2.87 bits per heavy atom. The number of hydrogen-bond donors (Lipinski definition) is 2. The molecule has 0 radical (unpaired) electrons. The van der Waals surface area contributed by atoms with Crippen molar-refractivity contribution >= 4 is 27.7 Å². The van der Waals surface area contributed by atoms with E-state index in [0.717, 1.165) is 0 Å². The van der Waals surface area contributed by atoms with Gasteiger partial charge >= 0.3 is 5.97 Å². The molecule has 10 heteroatoms. The number of esters is 1. The van der Waals surface area contributed by atoms with Crippen LogP contribution in [0.3, 0.4) is 0 Å². The minimum Gasteiger partial charge on any atom is -0.458 e. The molecule has 0 saturated heterocycles. The van der Waals surface area contributed by atoms with Crippen molar-refractivity contribution in [3.63, 3.8) is 0 Å². The Morgan fingerprint density at radius 2 is 2.10 bits per heavy atom. The van der Waals surface area contributed by atoms with Gasteiger partial charge in [0.25, 0.3) is 5.56 Å². The number of rotatable bonds is 0. The van der Waals surface area contributed by atoms with Gasteiger partial charge in [0.2, 0.25) is 0 Å². The third-order valence-electron chi connectivity index (χ3n) is 6.36. The molecular weight excluding hydrogens is 425 g/mol. The number of aliphatic hydroxyl groups excluding tert-OH is 1. The normalized spacial score (nSPS) is 23.4. The van der Waals surface area contributed by atoms with Crippen LogP contribution in [0.15, 0.2) is 21.8 Å². The van der Waals surface area contributed by atoms with Crippen LogP contribution in [0.1, 0.15) is 40.0 Å². The number of cyclic esters (lactones) is 1. The van der Waals surface area contributed by atoms with Gasteiger partial charge in [0.1, 0.15) is 12.4 Å². The summed E-state index contributed by atoms with van der Waals surface area (Å²) in [6.07, 6.45) is -1.55. The SMILES string of the molecule is Cc1c(F)cc2nc3c(c4c2c1S(=O)CC4N)Cn1c-3cc2c(c1=O)COC(=O)C2O. The number of hydrogen-bond acceptors (Lipinski definition) is 7. The number of ether oxygens (including phenoxy) is 1. The van der Waals surface area contributed by atoms with Gasteiger partial charge in [0.15, 0.2) is 6.10 Å². The van der Waals surface area contributed by atoms with Gasteiger partial charge in [-0.2, -0.15) is 0 Å². The van der Waals surface area contributed by atoms with Gasteiger partial charge in [0.05, 0.1) is 44.7 Å². The Hall–Kier alpha value is -2.95. The molecule has 1 aromatic carbocycles. The first-order valence-electron chi connectivity index (χ1n) is 9.69. The first kappa shape index (κ1) is 18.8. The number of carbonyl (C=O) groups is 1. The molecule has 0 fully saturated rings. The van der Waals surface area contributed by atoms with Crippen LogP contribution >= 0.6 is 0 Å². The zero-order valence-corrected chi connectivity index (χ0v) is 17.1. The Morgan fingerprint density at radius 1 is 1.32 bits per heavy atom. The minimum absolute atomic E-state index is 0.144. The number of nitrogens with two attached hydrogens (primary N) is 1. The van der Waals surface area contributed by atoms with E-state index in [1.165, 1.54) is 10.6 Å². The van der Waals surface area contributed by atoms with Crippen LogP contribution < -0.4 is 11.3 Å². The Bertz CT molecular complexity index is 1460. The molecule has 0 spiro atoms. The van der Waals surface area contributed by atoms with Gasteiger partial charge in [0, 0.05) is 39.9 Å². The maximum Gasteiger partial charge on any atom is 0.340 e. The van der Waals surface area contributed by atoms with Crippen LogP contribution in [0, 0.1) is 12.7 Å². The quantitative estimate of drug-likeness (QED) is 0.391. The number of carbonyl (C=O) groups excluding carboxylic acids is 1. The lowest BCUT2D eigenvalue weighted by molar-refractivity contribution is -0.157. The molecule has 3 aromatic rings. The second-order valence-electron chi connectivity index (χ2n) is 8.04. The molecular formula is C21H16FN3O5S. The number of aromatic nitrogens is 2. The van der Waals surface area contributed by atoms with Crippen LogP contribution in [-0.4, -0.2) is 30.6 Å². The predicted octanol–water partition coefficient (Wildman–Crippen LogP) is 1.08. The molecule has 2 aromatic heterocycles. The minimum atomic E-state index is -1.55. The van der Waals surface area contributed by atoms with E-state index >= 15 is 0 Å². The molecule has 5 heterocycles. The fraction of sp³-hybridized carbons (Fsp3) is 0.286. The highest BCUT2D eigenvalue weighted by atomic mass is 32.2. The Kier molecular flexibility index (Phi) is 3.67. The lowest BCUT2D eigenvalue weighted by Crippen LogP contribution is -2.32. The van der Waals surface area contributed by atoms with Crippen LogP contribution in [0.2, 0.25) is 0 Å². The number of nitrogens with zero attached hydrogens (tertiary/aromatic N) is 2. The average Bonchev–Trinajstić information content (AvgIpc) is 3.08. The van der Waals surface area contributed by atoms with Crippen molar-refractivity contribution in [1.82, 2.24) is 9.55 Å². The second-order valence-corrected chi connectivity index (χ2v) is 9.48. The van der Waals surface area contributed by atoms with E-state index in [-0.39, 0.29) is 35.6 Å². The van der Waals surface area contributed by atoms with E-state index in [9.17, 15) is 23.3 Å². The molecule has 3 aliphatic heterocycles. The van der Waals surface area contributed by atoms with Gasteiger partial charge < -0.3 is 20.1 Å². The van der Waals surface area contributed by atoms with Crippen molar-refractivity contribution in [3.8, 4) is 11.4 Å². The molecule has 3 aliphatic rings. The van der Waals surface area contributed by atoms with Gasteiger partial charge in [-0.3, -0.25) is 9.00 Å². The number of pyridine rings is 2. The molecule has 0 amide bonds. The lowest BCUT2D eigenvalue weighted by Gasteiger charge is -2.26. The summed E-state index contributed by atoms with van der Waals surface area (Å²) in [5.74, 6) is -1.18. The van der Waals surface area contributed by atoms with E-state index in [1.807, 2.05) is 0 Å².